The van der Waals surface area contributed by atoms with Gasteiger partial charge in [0.05, 0.1) is 18.3 Å². The number of hydrogen-bond donors (Lipinski definition) is 1. The fourth-order valence-electron chi connectivity index (χ4n) is 3.04. The molecule has 25 heavy (non-hydrogen) atoms. The molecule has 134 valence electrons. The van der Waals surface area contributed by atoms with Crippen molar-refractivity contribution in [3.8, 4) is 5.75 Å². The van der Waals surface area contributed by atoms with Gasteiger partial charge in [-0.3, -0.25) is 9.69 Å². The molecule has 5 nitrogen and oxygen atoms in total. The minimum absolute atomic E-state index is 0.00170. The number of ether oxygens (including phenoxy) is 1. The Labute approximate surface area is 153 Å². The maximum atomic E-state index is 12.6. The summed E-state index contributed by atoms with van der Waals surface area (Å²) in [7, 11) is 0. The van der Waals surface area contributed by atoms with Crippen LogP contribution in [0.2, 0.25) is 0 Å². The molecule has 1 aliphatic rings. The molecule has 2 aromatic rings. The molecule has 0 saturated heterocycles. The number of benzene rings is 1. The summed E-state index contributed by atoms with van der Waals surface area (Å²) >= 11 is 1.52. The van der Waals surface area contributed by atoms with Crippen LogP contribution in [-0.4, -0.2) is 35.0 Å². The predicted molar refractivity (Wildman–Crippen MR) is 101 cm³/mol. The lowest BCUT2D eigenvalue weighted by molar-refractivity contribution is -0.121. The zero-order valence-corrected chi connectivity index (χ0v) is 16.1. The van der Waals surface area contributed by atoms with Crippen LogP contribution < -0.4 is 10.1 Å². The van der Waals surface area contributed by atoms with E-state index in [4.69, 9.17) is 4.74 Å². The van der Waals surface area contributed by atoms with Crippen molar-refractivity contribution in [2.75, 3.05) is 18.5 Å². The van der Waals surface area contributed by atoms with Crippen LogP contribution in [0.25, 0.3) is 0 Å². The Kier molecular flexibility index (Phi) is 5.39. The number of carbonyl (C=O) groups excluding carboxylic acids is 1. The molecular weight excluding hydrogens is 334 g/mol. The number of aryl methyl sites for hydroxylation is 2. The molecule has 1 amide bonds. The van der Waals surface area contributed by atoms with Crippen molar-refractivity contribution in [3.63, 3.8) is 0 Å². The largest absolute Gasteiger partial charge is 0.494 e. The summed E-state index contributed by atoms with van der Waals surface area (Å²) < 4.78 is 5.60. The van der Waals surface area contributed by atoms with E-state index in [0.29, 0.717) is 11.7 Å². The standard InChI is InChI=1S/C19H25N3O2S/c1-5-24-17-7-6-15-8-9-22(11-16(15)10-17)13(3)18(23)21-19-20-12(2)14(4)25-19/h6-7,10,13H,5,8-9,11H2,1-4H3,(H,20,21,23). The van der Waals surface area contributed by atoms with E-state index in [0.717, 1.165) is 35.8 Å². The molecule has 6 heteroatoms. The van der Waals surface area contributed by atoms with Crippen LogP contribution >= 0.6 is 11.3 Å². The zero-order chi connectivity index (χ0) is 18.0. The van der Waals surface area contributed by atoms with Crippen molar-refractivity contribution in [2.24, 2.45) is 0 Å². The summed E-state index contributed by atoms with van der Waals surface area (Å²) in [5, 5.41) is 3.64. The van der Waals surface area contributed by atoms with Crippen LogP contribution in [0.1, 0.15) is 35.5 Å². The van der Waals surface area contributed by atoms with Crippen LogP contribution in [0.5, 0.6) is 5.75 Å². The number of nitrogens with one attached hydrogen (secondary N) is 1. The Balaban J connectivity index is 1.67. The third-order valence-corrected chi connectivity index (χ3v) is 5.70. The van der Waals surface area contributed by atoms with Crippen molar-refractivity contribution < 1.29 is 9.53 Å². The summed E-state index contributed by atoms with van der Waals surface area (Å²) in [5.74, 6) is 0.895. The average molecular weight is 359 g/mol. The van der Waals surface area contributed by atoms with Crippen molar-refractivity contribution in [1.29, 1.82) is 0 Å². The minimum atomic E-state index is -0.201. The monoisotopic (exact) mass is 359 g/mol. The summed E-state index contributed by atoms with van der Waals surface area (Å²) in [6, 6.07) is 6.07. The second-order valence-corrected chi connectivity index (χ2v) is 7.61. The van der Waals surface area contributed by atoms with Gasteiger partial charge in [-0.1, -0.05) is 6.07 Å². The van der Waals surface area contributed by atoms with Gasteiger partial charge in [-0.05, 0) is 57.4 Å². The molecule has 1 unspecified atom stereocenters. The molecule has 0 saturated carbocycles. The van der Waals surface area contributed by atoms with Gasteiger partial charge in [0.1, 0.15) is 5.75 Å². The van der Waals surface area contributed by atoms with Crippen molar-refractivity contribution in [2.45, 2.75) is 46.7 Å². The normalized spacial score (nSPS) is 15.5. The van der Waals surface area contributed by atoms with Crippen LogP contribution in [0.15, 0.2) is 18.2 Å². The first-order valence-corrected chi connectivity index (χ1v) is 9.53. The lowest BCUT2D eigenvalue weighted by Crippen LogP contribution is -2.44. The van der Waals surface area contributed by atoms with Crippen molar-refractivity contribution >= 4 is 22.4 Å². The molecule has 1 aliphatic heterocycles. The lowest BCUT2D eigenvalue weighted by Gasteiger charge is -2.32. The van der Waals surface area contributed by atoms with Gasteiger partial charge in [0.25, 0.3) is 0 Å². The molecule has 1 N–H and O–H groups in total. The van der Waals surface area contributed by atoms with E-state index in [1.54, 1.807) is 0 Å². The number of carbonyl (C=O) groups is 1. The molecule has 0 aliphatic carbocycles. The van der Waals surface area contributed by atoms with Crippen LogP contribution in [0, 0.1) is 13.8 Å². The number of nitrogens with zero attached hydrogens (tertiary/aromatic N) is 2. The summed E-state index contributed by atoms with van der Waals surface area (Å²) in [4.78, 5) is 20.3. The second-order valence-electron chi connectivity index (χ2n) is 6.41. The van der Waals surface area contributed by atoms with E-state index < -0.39 is 0 Å². The van der Waals surface area contributed by atoms with Crippen LogP contribution in [-0.2, 0) is 17.8 Å². The average Bonchev–Trinajstić information content (AvgIpc) is 2.91. The lowest BCUT2D eigenvalue weighted by atomic mass is 9.98. The van der Waals surface area contributed by atoms with E-state index in [9.17, 15) is 4.79 Å². The van der Waals surface area contributed by atoms with Crippen molar-refractivity contribution in [1.82, 2.24) is 9.88 Å². The first-order valence-electron chi connectivity index (χ1n) is 8.71. The van der Waals surface area contributed by atoms with E-state index in [2.05, 4.69) is 27.3 Å². The summed E-state index contributed by atoms with van der Waals surface area (Å²) in [6.45, 7) is 10.2. The number of aromatic nitrogens is 1. The fourth-order valence-corrected chi connectivity index (χ4v) is 3.86. The molecule has 1 aromatic heterocycles. The first kappa shape index (κ1) is 17.9. The SMILES string of the molecule is CCOc1ccc2c(c1)CN(C(C)C(=O)Nc1nc(C)c(C)s1)CC2. The Morgan fingerprint density at radius 2 is 2.20 bits per heavy atom. The van der Waals surface area contributed by atoms with Gasteiger partial charge >= 0.3 is 0 Å². The molecule has 0 spiro atoms. The molecule has 0 fully saturated rings. The van der Waals surface area contributed by atoms with E-state index in [-0.39, 0.29) is 11.9 Å². The molecule has 2 heterocycles. The van der Waals surface area contributed by atoms with Crippen LogP contribution in [0.3, 0.4) is 0 Å². The molecule has 1 atom stereocenters. The first-order chi connectivity index (χ1) is 12.0. The third-order valence-electron chi connectivity index (χ3n) is 4.72. The highest BCUT2D eigenvalue weighted by molar-refractivity contribution is 7.15. The Bertz CT molecular complexity index is 753. The highest BCUT2D eigenvalue weighted by atomic mass is 32.1. The fraction of sp³-hybridized carbons (Fsp3) is 0.474. The highest BCUT2D eigenvalue weighted by Gasteiger charge is 2.26. The highest BCUT2D eigenvalue weighted by Crippen LogP contribution is 2.26. The second kappa shape index (κ2) is 7.54. The van der Waals surface area contributed by atoms with Crippen molar-refractivity contribution in [3.05, 3.63) is 39.9 Å². The van der Waals surface area contributed by atoms with Gasteiger partial charge in [0, 0.05) is 18.0 Å². The Morgan fingerprint density at radius 3 is 2.88 bits per heavy atom. The van der Waals surface area contributed by atoms with E-state index >= 15 is 0 Å². The third kappa shape index (κ3) is 4.02. The van der Waals surface area contributed by atoms with E-state index in [1.807, 2.05) is 33.8 Å². The van der Waals surface area contributed by atoms with Gasteiger partial charge in [-0.15, -0.1) is 11.3 Å². The maximum absolute atomic E-state index is 12.6. The minimum Gasteiger partial charge on any atom is -0.494 e. The number of amides is 1. The number of thiazole rings is 1. The topological polar surface area (TPSA) is 54.5 Å². The molecule has 0 bridgehead atoms. The number of fused-ring (bicyclic) bond motifs is 1. The Morgan fingerprint density at radius 1 is 1.40 bits per heavy atom. The predicted octanol–water partition coefficient (Wildman–Crippen LogP) is 3.54. The number of rotatable bonds is 5. The van der Waals surface area contributed by atoms with Gasteiger partial charge < -0.3 is 10.1 Å². The summed E-state index contributed by atoms with van der Waals surface area (Å²) in [5.41, 5.74) is 3.57. The molecule has 3 rings (SSSR count). The van der Waals surface area contributed by atoms with Gasteiger partial charge in [0.2, 0.25) is 5.91 Å². The van der Waals surface area contributed by atoms with E-state index in [1.165, 1.54) is 22.5 Å². The van der Waals surface area contributed by atoms with Crippen LogP contribution in [0.4, 0.5) is 5.13 Å². The maximum Gasteiger partial charge on any atom is 0.243 e. The molecule has 1 aromatic carbocycles. The number of hydrogen-bond acceptors (Lipinski definition) is 5. The molecular formula is C19H25N3O2S. The van der Waals surface area contributed by atoms with Gasteiger partial charge in [-0.2, -0.15) is 0 Å². The zero-order valence-electron chi connectivity index (χ0n) is 15.3. The van der Waals surface area contributed by atoms with Gasteiger partial charge in [0.15, 0.2) is 5.13 Å². The number of anilines is 1. The Hall–Kier alpha value is -1.92. The summed E-state index contributed by atoms with van der Waals surface area (Å²) in [6.07, 6.45) is 0.953. The van der Waals surface area contributed by atoms with Gasteiger partial charge in [-0.25, -0.2) is 4.98 Å². The molecule has 0 radical (unpaired) electrons. The quantitative estimate of drug-likeness (QED) is 0.887. The smallest absolute Gasteiger partial charge is 0.243 e.